The number of nitrogen functional groups attached to an aromatic ring is 1. The Bertz CT molecular complexity index is 563. The van der Waals surface area contributed by atoms with Gasteiger partial charge in [0.05, 0.1) is 23.4 Å². The smallest absolute Gasteiger partial charge is 0.268 e. The van der Waals surface area contributed by atoms with Crippen LogP contribution in [0.3, 0.4) is 0 Å². The topological polar surface area (TPSA) is 91.4 Å². The van der Waals surface area contributed by atoms with Crippen molar-refractivity contribution in [1.29, 1.82) is 0 Å². The summed E-state index contributed by atoms with van der Waals surface area (Å²) in [5.41, 5.74) is 3.64. The second-order valence-electron chi connectivity index (χ2n) is 6.41. The van der Waals surface area contributed by atoms with Crippen molar-refractivity contribution in [3.05, 3.63) is 17.0 Å². The van der Waals surface area contributed by atoms with E-state index >= 15 is 0 Å². The third-order valence-electron chi connectivity index (χ3n) is 3.79. The maximum Gasteiger partial charge on any atom is 0.268 e. The molecular weight excluding hydrogens is 272 g/mol. The second-order valence-corrected chi connectivity index (χ2v) is 6.41. The first-order valence-electron chi connectivity index (χ1n) is 7.00. The highest BCUT2D eigenvalue weighted by molar-refractivity contribution is 5.95. The van der Waals surface area contributed by atoms with Crippen LogP contribution in [0.4, 0.5) is 0 Å². The monoisotopic (exact) mass is 296 g/mol. The van der Waals surface area contributed by atoms with Gasteiger partial charge in [0.25, 0.3) is 5.91 Å². The van der Waals surface area contributed by atoms with Gasteiger partial charge in [-0.2, -0.15) is 5.10 Å². The summed E-state index contributed by atoms with van der Waals surface area (Å²) in [5, 5.41) is 4.42. The molecule has 1 saturated heterocycles. The Morgan fingerprint density at radius 1 is 1.38 bits per heavy atom. The molecule has 21 heavy (non-hydrogen) atoms. The van der Waals surface area contributed by atoms with Gasteiger partial charge in [0, 0.05) is 5.69 Å². The van der Waals surface area contributed by atoms with Crippen LogP contribution in [-0.2, 0) is 16.0 Å². The van der Waals surface area contributed by atoms with E-state index in [0.717, 1.165) is 5.69 Å². The summed E-state index contributed by atoms with van der Waals surface area (Å²) in [6.45, 7) is 11.9. The lowest BCUT2D eigenvalue weighted by molar-refractivity contribution is -0.158. The Kier molecular flexibility index (Phi) is 3.86. The van der Waals surface area contributed by atoms with Crippen LogP contribution in [0.1, 0.15) is 49.4 Å². The number of nitrogens with zero attached hydrogens (tertiary/aromatic N) is 2. The van der Waals surface area contributed by atoms with Crippen molar-refractivity contribution in [3.8, 4) is 0 Å². The molecule has 1 amide bonds. The maximum absolute atomic E-state index is 11.8. The fourth-order valence-corrected chi connectivity index (χ4v) is 2.90. The SMILES string of the molecule is Cc1nn(C[C@@H]2OC(C)(C)OC2(C)C)c(C)c1C(=O)NN. The Morgan fingerprint density at radius 2 is 2.00 bits per heavy atom. The lowest BCUT2D eigenvalue weighted by Gasteiger charge is -2.24. The molecule has 0 aromatic carbocycles. The number of nitrogens with one attached hydrogen (secondary N) is 1. The summed E-state index contributed by atoms with van der Waals surface area (Å²) < 4.78 is 13.6. The molecule has 7 heteroatoms. The second kappa shape index (κ2) is 5.08. The first-order valence-corrected chi connectivity index (χ1v) is 7.00. The Balaban J connectivity index is 2.27. The van der Waals surface area contributed by atoms with E-state index in [1.54, 1.807) is 11.6 Å². The van der Waals surface area contributed by atoms with Gasteiger partial charge in [0.1, 0.15) is 6.10 Å². The molecule has 7 nitrogen and oxygen atoms in total. The summed E-state index contributed by atoms with van der Waals surface area (Å²) in [5.74, 6) is 4.25. The Labute approximate surface area is 124 Å². The number of aryl methyl sites for hydroxylation is 1. The number of ether oxygens (including phenoxy) is 2. The van der Waals surface area contributed by atoms with Gasteiger partial charge < -0.3 is 9.47 Å². The van der Waals surface area contributed by atoms with E-state index in [9.17, 15) is 4.79 Å². The van der Waals surface area contributed by atoms with Crippen molar-refractivity contribution < 1.29 is 14.3 Å². The number of hydrazine groups is 1. The summed E-state index contributed by atoms with van der Waals surface area (Å²) in [7, 11) is 0. The molecule has 0 saturated carbocycles. The van der Waals surface area contributed by atoms with Crippen LogP contribution >= 0.6 is 0 Å². The summed E-state index contributed by atoms with van der Waals surface area (Å²) in [6, 6.07) is 0. The van der Waals surface area contributed by atoms with E-state index in [0.29, 0.717) is 17.8 Å². The first kappa shape index (κ1) is 15.9. The van der Waals surface area contributed by atoms with Crippen molar-refractivity contribution in [1.82, 2.24) is 15.2 Å². The number of carbonyl (C=O) groups is 1. The molecule has 1 fully saturated rings. The Morgan fingerprint density at radius 3 is 2.48 bits per heavy atom. The molecule has 1 aromatic heterocycles. The number of hydrogen-bond acceptors (Lipinski definition) is 5. The Hall–Kier alpha value is -1.44. The third-order valence-corrected chi connectivity index (χ3v) is 3.79. The van der Waals surface area contributed by atoms with Gasteiger partial charge in [-0.15, -0.1) is 0 Å². The molecule has 1 aromatic rings. The molecular formula is C14H24N4O3. The molecule has 1 atom stereocenters. The number of aromatic nitrogens is 2. The van der Waals surface area contributed by atoms with E-state index in [1.807, 2.05) is 34.6 Å². The van der Waals surface area contributed by atoms with Crippen LogP contribution < -0.4 is 11.3 Å². The van der Waals surface area contributed by atoms with Crippen LogP contribution in [0, 0.1) is 13.8 Å². The molecule has 0 unspecified atom stereocenters. The molecule has 2 rings (SSSR count). The molecule has 1 aliphatic rings. The average Bonchev–Trinajstić information content (AvgIpc) is 2.72. The fourth-order valence-electron chi connectivity index (χ4n) is 2.90. The normalized spacial score (nSPS) is 23.3. The number of hydrogen-bond donors (Lipinski definition) is 2. The van der Waals surface area contributed by atoms with E-state index in [-0.39, 0.29) is 12.0 Å². The molecule has 0 radical (unpaired) electrons. The molecule has 0 spiro atoms. The number of rotatable bonds is 3. The van der Waals surface area contributed by atoms with Crippen LogP contribution in [0.15, 0.2) is 0 Å². The molecule has 3 N–H and O–H groups in total. The minimum atomic E-state index is -0.623. The predicted octanol–water partition coefficient (Wildman–Crippen LogP) is 1.03. The van der Waals surface area contributed by atoms with Gasteiger partial charge in [-0.3, -0.25) is 14.9 Å². The zero-order valence-electron chi connectivity index (χ0n) is 13.5. The van der Waals surface area contributed by atoms with E-state index in [4.69, 9.17) is 15.3 Å². The highest BCUT2D eigenvalue weighted by Gasteiger charge is 2.47. The zero-order valence-corrected chi connectivity index (χ0v) is 13.5. The summed E-state index contributed by atoms with van der Waals surface area (Å²) >= 11 is 0. The summed E-state index contributed by atoms with van der Waals surface area (Å²) in [6.07, 6.45) is -0.153. The van der Waals surface area contributed by atoms with Gasteiger partial charge in [-0.1, -0.05) is 0 Å². The van der Waals surface area contributed by atoms with Gasteiger partial charge in [-0.25, -0.2) is 5.84 Å². The highest BCUT2D eigenvalue weighted by Crippen LogP contribution is 2.36. The summed E-state index contributed by atoms with van der Waals surface area (Å²) in [4.78, 5) is 11.8. The van der Waals surface area contributed by atoms with Crippen molar-refractivity contribution in [2.75, 3.05) is 0 Å². The number of nitrogens with two attached hydrogens (primary N) is 1. The number of amides is 1. The lowest BCUT2D eigenvalue weighted by Crippen LogP contribution is -2.37. The van der Waals surface area contributed by atoms with Crippen molar-refractivity contribution in [3.63, 3.8) is 0 Å². The van der Waals surface area contributed by atoms with E-state index < -0.39 is 11.4 Å². The van der Waals surface area contributed by atoms with Crippen molar-refractivity contribution >= 4 is 5.91 Å². The maximum atomic E-state index is 11.8. The van der Waals surface area contributed by atoms with Gasteiger partial charge in [0.15, 0.2) is 5.79 Å². The minimum Gasteiger partial charge on any atom is -0.342 e. The van der Waals surface area contributed by atoms with E-state index in [1.165, 1.54) is 0 Å². The van der Waals surface area contributed by atoms with Crippen LogP contribution in [-0.4, -0.2) is 33.2 Å². The standard InChI is InChI=1S/C14H24N4O3/c1-8-11(12(19)16-15)9(2)18(17-8)7-10-13(3,4)21-14(5,6)20-10/h10H,7,15H2,1-6H3,(H,16,19)/t10-/m0/s1. The molecule has 118 valence electrons. The third kappa shape index (κ3) is 2.95. The molecule has 1 aliphatic heterocycles. The van der Waals surface area contributed by atoms with E-state index in [2.05, 4.69) is 10.5 Å². The minimum absolute atomic E-state index is 0.153. The lowest BCUT2D eigenvalue weighted by atomic mass is 10.0. The van der Waals surface area contributed by atoms with Crippen LogP contribution in [0.25, 0.3) is 0 Å². The largest absolute Gasteiger partial charge is 0.342 e. The zero-order chi connectivity index (χ0) is 16.0. The quantitative estimate of drug-likeness (QED) is 0.494. The van der Waals surface area contributed by atoms with Gasteiger partial charge in [0.2, 0.25) is 0 Å². The van der Waals surface area contributed by atoms with Gasteiger partial charge >= 0.3 is 0 Å². The molecule has 0 bridgehead atoms. The van der Waals surface area contributed by atoms with Crippen molar-refractivity contribution in [2.24, 2.45) is 5.84 Å². The van der Waals surface area contributed by atoms with Crippen LogP contribution in [0.5, 0.6) is 0 Å². The highest BCUT2D eigenvalue weighted by atomic mass is 16.8. The van der Waals surface area contributed by atoms with Crippen molar-refractivity contribution in [2.45, 2.75) is 65.6 Å². The fraction of sp³-hybridized carbons (Fsp3) is 0.714. The molecule has 2 heterocycles. The first-order chi connectivity index (χ1) is 9.57. The predicted molar refractivity (Wildman–Crippen MR) is 77.5 cm³/mol. The number of carbonyl (C=O) groups excluding carboxylic acids is 1. The van der Waals surface area contributed by atoms with Gasteiger partial charge in [-0.05, 0) is 41.5 Å². The molecule has 0 aliphatic carbocycles. The average molecular weight is 296 g/mol. The van der Waals surface area contributed by atoms with Crippen LogP contribution in [0.2, 0.25) is 0 Å².